The van der Waals surface area contributed by atoms with Crippen LogP contribution in [0.2, 0.25) is 0 Å². The average molecular weight is 388 g/mol. The molecule has 150 valence electrons. The number of rotatable bonds is 6. The number of hydrogen-bond donors (Lipinski definition) is 0. The molecule has 0 unspecified atom stereocenters. The third kappa shape index (κ3) is 4.50. The van der Waals surface area contributed by atoms with Gasteiger partial charge in [-0.3, -0.25) is 0 Å². The predicted octanol–water partition coefficient (Wildman–Crippen LogP) is 4.56. The summed E-state index contributed by atoms with van der Waals surface area (Å²) in [7, 11) is 1.74. The van der Waals surface area contributed by atoms with Gasteiger partial charge in [-0.15, -0.1) is 0 Å². The highest BCUT2D eigenvalue weighted by molar-refractivity contribution is 5.95. The summed E-state index contributed by atoms with van der Waals surface area (Å²) in [6.07, 6.45) is 2.16. The van der Waals surface area contributed by atoms with Crippen molar-refractivity contribution < 1.29 is 4.74 Å². The van der Waals surface area contributed by atoms with E-state index in [0.717, 1.165) is 49.8 Å². The molecule has 0 saturated carbocycles. The summed E-state index contributed by atoms with van der Waals surface area (Å²) in [4.78, 5) is 10.0. The number of anilines is 1. The van der Waals surface area contributed by atoms with Gasteiger partial charge in [0.2, 0.25) is 0 Å². The highest BCUT2D eigenvalue weighted by Gasteiger charge is 2.19. The number of piperazine rings is 1. The van der Waals surface area contributed by atoms with E-state index >= 15 is 0 Å². The number of methoxy groups -OCH3 is 1. The lowest BCUT2D eigenvalue weighted by atomic mass is 10.0. The van der Waals surface area contributed by atoms with Crippen LogP contribution in [0.5, 0.6) is 0 Å². The molecule has 4 rings (SSSR count). The zero-order valence-electron chi connectivity index (χ0n) is 17.3. The molecular weight excluding hydrogens is 358 g/mol. The molecule has 2 heterocycles. The summed E-state index contributed by atoms with van der Waals surface area (Å²) < 4.78 is 5.48. The number of fused-ring (bicyclic) bond motifs is 1. The van der Waals surface area contributed by atoms with E-state index in [1.54, 1.807) is 7.11 Å². The molecule has 0 amide bonds. The molecule has 1 fully saturated rings. The van der Waals surface area contributed by atoms with Gasteiger partial charge in [0.15, 0.2) is 0 Å². The second kappa shape index (κ2) is 9.21. The van der Waals surface area contributed by atoms with Crippen molar-refractivity contribution in [2.75, 3.05) is 51.3 Å². The van der Waals surface area contributed by atoms with Crippen LogP contribution in [-0.4, -0.2) is 56.3 Å². The van der Waals surface area contributed by atoms with E-state index in [4.69, 9.17) is 9.72 Å². The summed E-state index contributed by atoms with van der Waals surface area (Å²) in [5.41, 5.74) is 3.28. The zero-order valence-corrected chi connectivity index (χ0v) is 17.3. The van der Waals surface area contributed by atoms with Gasteiger partial charge in [0.05, 0.1) is 12.3 Å². The van der Waals surface area contributed by atoms with Crippen molar-refractivity contribution in [1.82, 2.24) is 9.88 Å². The molecule has 0 atom stereocenters. The molecule has 2 aromatic carbocycles. The largest absolute Gasteiger partial charge is 0.380 e. The second-order valence-corrected chi connectivity index (χ2v) is 7.48. The van der Waals surface area contributed by atoms with E-state index in [-0.39, 0.29) is 0 Å². The molecule has 4 heteroatoms. The normalized spacial score (nSPS) is 15.8. The number of pyridine rings is 1. The summed E-state index contributed by atoms with van der Waals surface area (Å²) in [6.45, 7) is 8.11. The number of hydrogen-bond acceptors (Lipinski definition) is 4. The van der Waals surface area contributed by atoms with Crippen molar-refractivity contribution in [3.8, 4) is 0 Å². The Bertz CT molecular complexity index is 976. The maximum Gasteiger partial charge on any atom is 0.137 e. The Balaban J connectivity index is 1.75. The van der Waals surface area contributed by atoms with Crippen LogP contribution >= 0.6 is 0 Å². The molecule has 29 heavy (non-hydrogen) atoms. The molecule has 1 aliphatic rings. The molecule has 0 spiro atoms. The number of likely N-dealkylation sites (N-methyl/N-ethyl adjacent to an activating group) is 1. The van der Waals surface area contributed by atoms with Crippen molar-refractivity contribution >= 4 is 28.2 Å². The van der Waals surface area contributed by atoms with Crippen molar-refractivity contribution in [1.29, 1.82) is 0 Å². The average Bonchev–Trinajstić information content (AvgIpc) is 2.79. The standard InChI is InChI=1S/C25H29N3O/c1-3-27-13-15-28(16-14-27)25-24-12-8-7-11-21(24)17-23(26-25)18-22(19-29-2)20-9-5-4-6-10-20/h4-12,17-18H,3,13-16,19H2,1-2H3/b22-18+. The van der Waals surface area contributed by atoms with Crippen LogP contribution in [0, 0.1) is 0 Å². The number of ether oxygens (including phenoxy) is 1. The van der Waals surface area contributed by atoms with E-state index in [1.165, 1.54) is 16.3 Å². The van der Waals surface area contributed by atoms with Crippen LogP contribution in [0.3, 0.4) is 0 Å². The Morgan fingerprint density at radius 1 is 1.00 bits per heavy atom. The van der Waals surface area contributed by atoms with E-state index in [1.807, 2.05) is 6.07 Å². The minimum atomic E-state index is 0.559. The van der Waals surface area contributed by atoms with Gasteiger partial charge in [-0.1, -0.05) is 61.5 Å². The first-order chi connectivity index (χ1) is 14.3. The lowest BCUT2D eigenvalue weighted by molar-refractivity contribution is 0.240. The molecule has 0 bridgehead atoms. The minimum absolute atomic E-state index is 0.559. The SMILES string of the molecule is CCN1CCN(c2nc(/C=C(\COC)c3ccccc3)cc3ccccc23)CC1. The maximum atomic E-state index is 5.48. The molecule has 3 aromatic rings. The van der Waals surface area contributed by atoms with Gasteiger partial charge in [0.25, 0.3) is 0 Å². The lowest BCUT2D eigenvalue weighted by Gasteiger charge is -2.35. The number of nitrogens with zero attached hydrogens (tertiary/aromatic N) is 3. The Morgan fingerprint density at radius 3 is 2.45 bits per heavy atom. The highest BCUT2D eigenvalue weighted by Crippen LogP contribution is 2.28. The number of benzene rings is 2. The summed E-state index contributed by atoms with van der Waals surface area (Å²) >= 11 is 0. The third-order valence-corrected chi connectivity index (χ3v) is 5.63. The van der Waals surface area contributed by atoms with Crippen LogP contribution in [0.1, 0.15) is 18.2 Å². The van der Waals surface area contributed by atoms with Crippen LogP contribution in [0.4, 0.5) is 5.82 Å². The maximum absolute atomic E-state index is 5.48. The monoisotopic (exact) mass is 387 g/mol. The fourth-order valence-corrected chi connectivity index (χ4v) is 3.99. The predicted molar refractivity (Wildman–Crippen MR) is 122 cm³/mol. The molecule has 1 aromatic heterocycles. The first-order valence-electron chi connectivity index (χ1n) is 10.4. The summed E-state index contributed by atoms with van der Waals surface area (Å²) in [6, 6.07) is 21.1. The van der Waals surface area contributed by atoms with E-state index in [2.05, 4.69) is 77.4 Å². The molecule has 0 N–H and O–H groups in total. The third-order valence-electron chi connectivity index (χ3n) is 5.63. The fraction of sp³-hybridized carbons (Fsp3) is 0.320. The highest BCUT2D eigenvalue weighted by atomic mass is 16.5. The Hall–Kier alpha value is -2.69. The van der Waals surface area contributed by atoms with Gasteiger partial charge < -0.3 is 14.5 Å². The first-order valence-corrected chi connectivity index (χ1v) is 10.4. The summed E-state index contributed by atoms with van der Waals surface area (Å²) in [5, 5.41) is 2.45. The molecule has 1 aliphatic heterocycles. The molecule has 0 aliphatic carbocycles. The fourth-order valence-electron chi connectivity index (χ4n) is 3.99. The molecule has 0 radical (unpaired) electrons. The number of aromatic nitrogens is 1. The smallest absolute Gasteiger partial charge is 0.137 e. The molecular formula is C25H29N3O. The van der Waals surface area contributed by atoms with Crippen LogP contribution in [-0.2, 0) is 4.74 Å². The lowest BCUT2D eigenvalue weighted by Crippen LogP contribution is -2.46. The Morgan fingerprint density at radius 2 is 1.72 bits per heavy atom. The van der Waals surface area contributed by atoms with E-state index in [9.17, 15) is 0 Å². The van der Waals surface area contributed by atoms with Gasteiger partial charge in [-0.05, 0) is 35.2 Å². The van der Waals surface area contributed by atoms with Crippen molar-refractivity contribution in [2.24, 2.45) is 0 Å². The van der Waals surface area contributed by atoms with Gasteiger partial charge >= 0.3 is 0 Å². The van der Waals surface area contributed by atoms with Gasteiger partial charge in [0.1, 0.15) is 5.82 Å². The van der Waals surface area contributed by atoms with Gasteiger partial charge in [-0.2, -0.15) is 0 Å². The van der Waals surface area contributed by atoms with Gasteiger partial charge in [-0.25, -0.2) is 4.98 Å². The quantitative estimate of drug-likeness (QED) is 0.620. The Labute approximate surface area is 173 Å². The second-order valence-electron chi connectivity index (χ2n) is 7.48. The summed E-state index contributed by atoms with van der Waals surface area (Å²) in [5.74, 6) is 1.09. The first kappa shape index (κ1) is 19.6. The zero-order chi connectivity index (χ0) is 20.1. The Kier molecular flexibility index (Phi) is 6.23. The van der Waals surface area contributed by atoms with Crippen LogP contribution in [0.25, 0.3) is 22.4 Å². The molecule has 1 saturated heterocycles. The minimum Gasteiger partial charge on any atom is -0.380 e. The van der Waals surface area contributed by atoms with Crippen molar-refractivity contribution in [3.63, 3.8) is 0 Å². The van der Waals surface area contributed by atoms with Crippen LogP contribution < -0.4 is 4.90 Å². The van der Waals surface area contributed by atoms with Crippen molar-refractivity contribution in [2.45, 2.75) is 6.92 Å². The molecule has 4 nitrogen and oxygen atoms in total. The van der Waals surface area contributed by atoms with Crippen LogP contribution in [0.15, 0.2) is 60.7 Å². The van der Waals surface area contributed by atoms with E-state index < -0.39 is 0 Å². The van der Waals surface area contributed by atoms with Gasteiger partial charge in [0, 0.05) is 38.7 Å². The van der Waals surface area contributed by atoms with Crippen molar-refractivity contribution in [3.05, 3.63) is 71.9 Å². The topological polar surface area (TPSA) is 28.6 Å². The van der Waals surface area contributed by atoms with E-state index in [0.29, 0.717) is 6.61 Å².